The second kappa shape index (κ2) is 8.66. The van der Waals surface area contributed by atoms with Crippen molar-refractivity contribution >= 4 is 29.0 Å². The van der Waals surface area contributed by atoms with Gasteiger partial charge in [-0.15, -0.1) is 0 Å². The van der Waals surface area contributed by atoms with Crippen LogP contribution in [-0.4, -0.2) is 21.9 Å². The van der Waals surface area contributed by atoms with Crippen LogP contribution in [0, 0.1) is 5.92 Å². The Labute approximate surface area is 190 Å². The van der Waals surface area contributed by atoms with E-state index in [1.165, 1.54) is 0 Å². The Morgan fingerprint density at radius 2 is 1.60 bits per heavy atom. The van der Waals surface area contributed by atoms with E-state index in [-0.39, 0.29) is 52.5 Å². The molecule has 0 atom stereocenters. The first kappa shape index (κ1) is 22.1. The Balaban J connectivity index is 0.00000256. The van der Waals surface area contributed by atoms with Crippen LogP contribution in [-0.2, 0) is 13.1 Å². The fraction of sp³-hybridized carbons (Fsp3) is 0.217. The molecule has 0 unspecified atom stereocenters. The van der Waals surface area contributed by atoms with Gasteiger partial charge in [0.1, 0.15) is 0 Å². The van der Waals surface area contributed by atoms with Gasteiger partial charge in [-0.2, -0.15) is 0 Å². The van der Waals surface area contributed by atoms with Crippen LogP contribution >= 0.6 is 11.6 Å². The van der Waals surface area contributed by atoms with Crippen LogP contribution in [0.25, 0.3) is 0 Å². The predicted octanol–water partition coefficient (Wildman–Crippen LogP) is 0.747. The molecule has 0 saturated heterocycles. The Bertz CT molecular complexity index is 1150. The summed E-state index contributed by atoms with van der Waals surface area (Å²) >= 11 is 5.90. The predicted molar refractivity (Wildman–Crippen MR) is 109 cm³/mol. The summed E-state index contributed by atoms with van der Waals surface area (Å²) in [6.45, 7) is 4.62. The smallest absolute Gasteiger partial charge is 0.245 e. The van der Waals surface area contributed by atoms with Gasteiger partial charge < -0.3 is 17.0 Å². The highest BCUT2D eigenvalue weighted by Crippen LogP contribution is 2.26. The molecule has 0 radical (unpaired) electrons. The number of halogens is 2. The Kier molecular flexibility index (Phi) is 6.38. The summed E-state index contributed by atoms with van der Waals surface area (Å²) in [6, 6.07) is 13.5. The maximum atomic E-state index is 13.2. The quantitative estimate of drug-likeness (QED) is 0.308. The molecule has 0 saturated carbocycles. The molecule has 4 rings (SSSR count). The van der Waals surface area contributed by atoms with Crippen LogP contribution < -0.4 is 21.5 Å². The highest BCUT2D eigenvalue weighted by molar-refractivity contribution is 6.30. The van der Waals surface area contributed by atoms with Crippen molar-refractivity contribution in [1.82, 2.24) is 4.57 Å². The number of fused-ring (bicyclic) bond motifs is 2. The summed E-state index contributed by atoms with van der Waals surface area (Å²) < 4.78 is 3.40. The minimum absolute atomic E-state index is 0. The van der Waals surface area contributed by atoms with E-state index >= 15 is 0 Å². The van der Waals surface area contributed by atoms with E-state index in [1.54, 1.807) is 64.0 Å². The summed E-state index contributed by atoms with van der Waals surface area (Å²) in [6.07, 6.45) is 1.71. The number of carbonyl (C=O) groups is 3. The number of nitrogens with zero attached hydrogens (tertiary/aromatic N) is 2. The number of aromatic nitrogens is 2. The highest BCUT2D eigenvalue weighted by Gasteiger charge is 2.41. The van der Waals surface area contributed by atoms with E-state index in [4.69, 9.17) is 11.6 Å². The number of benzene rings is 2. The van der Waals surface area contributed by atoms with Crippen LogP contribution in [0.3, 0.4) is 0 Å². The third kappa shape index (κ3) is 3.89. The van der Waals surface area contributed by atoms with Crippen molar-refractivity contribution in [3.05, 3.63) is 88.0 Å². The van der Waals surface area contributed by atoms with Crippen molar-refractivity contribution < 1.29 is 35.9 Å². The second-order valence-electron chi connectivity index (χ2n) is 7.62. The standard InChI is InChI=1S/C23H20ClN2O3.BrH/c1-14(2)11-25-13-26(12-19(27)15-7-9-16(24)10-8-15)21-20(25)22(28)17-5-3-4-6-18(17)23(21)29;/h3-10,13-14H,11-12H2,1-2H3;1H/q+1;/p-1. The summed E-state index contributed by atoms with van der Waals surface area (Å²) in [5.41, 5.74) is 1.91. The molecule has 3 aromatic rings. The van der Waals surface area contributed by atoms with Gasteiger partial charge in [0.05, 0.1) is 6.54 Å². The first-order valence-electron chi connectivity index (χ1n) is 9.46. The van der Waals surface area contributed by atoms with E-state index in [2.05, 4.69) is 0 Å². The fourth-order valence-corrected chi connectivity index (χ4v) is 3.83. The normalized spacial score (nSPS) is 12.4. The van der Waals surface area contributed by atoms with Crippen LogP contribution in [0.15, 0.2) is 54.9 Å². The van der Waals surface area contributed by atoms with E-state index in [1.807, 2.05) is 13.8 Å². The molecule has 154 valence electrons. The van der Waals surface area contributed by atoms with E-state index in [0.29, 0.717) is 34.0 Å². The number of hydrogen-bond acceptors (Lipinski definition) is 3. The number of rotatable bonds is 5. The van der Waals surface area contributed by atoms with Gasteiger partial charge in [0.15, 0.2) is 6.54 Å². The van der Waals surface area contributed by atoms with Gasteiger partial charge in [0, 0.05) is 21.7 Å². The molecular weight excluding hydrogens is 468 g/mol. The van der Waals surface area contributed by atoms with Gasteiger partial charge in [0.2, 0.25) is 35.1 Å². The molecule has 0 N–H and O–H groups in total. The summed E-state index contributed by atoms with van der Waals surface area (Å²) in [5, 5.41) is 0.548. The molecule has 0 fully saturated rings. The minimum atomic E-state index is -0.235. The lowest BCUT2D eigenvalue weighted by molar-refractivity contribution is -0.684. The molecule has 1 aliphatic rings. The topological polar surface area (TPSA) is 60.0 Å². The lowest BCUT2D eigenvalue weighted by atomic mass is 9.89. The molecule has 0 aliphatic heterocycles. The van der Waals surface area contributed by atoms with Crippen molar-refractivity contribution in [3.63, 3.8) is 0 Å². The van der Waals surface area contributed by atoms with E-state index < -0.39 is 0 Å². The largest absolute Gasteiger partial charge is 1.00 e. The van der Waals surface area contributed by atoms with Crippen LogP contribution in [0.4, 0.5) is 0 Å². The van der Waals surface area contributed by atoms with Crippen molar-refractivity contribution in [2.75, 3.05) is 0 Å². The first-order valence-corrected chi connectivity index (χ1v) is 9.84. The summed E-state index contributed by atoms with van der Waals surface area (Å²) in [7, 11) is 0. The van der Waals surface area contributed by atoms with Crippen molar-refractivity contribution in [1.29, 1.82) is 0 Å². The number of Topliss-reactive ketones (excluding diaryl/α,β-unsaturated/α-hetero) is 1. The van der Waals surface area contributed by atoms with Crippen molar-refractivity contribution in [3.8, 4) is 0 Å². The van der Waals surface area contributed by atoms with Gasteiger partial charge in [-0.1, -0.05) is 49.7 Å². The van der Waals surface area contributed by atoms with Crippen LogP contribution in [0.5, 0.6) is 0 Å². The second-order valence-corrected chi connectivity index (χ2v) is 8.06. The molecule has 1 aliphatic carbocycles. The molecule has 1 heterocycles. The maximum absolute atomic E-state index is 13.2. The molecular formula is C23H20BrClN2O3. The molecule has 30 heavy (non-hydrogen) atoms. The monoisotopic (exact) mass is 486 g/mol. The average molecular weight is 488 g/mol. The molecule has 0 bridgehead atoms. The fourth-order valence-electron chi connectivity index (χ4n) is 3.70. The van der Waals surface area contributed by atoms with Crippen molar-refractivity contribution in [2.45, 2.75) is 26.9 Å². The molecule has 7 heteroatoms. The Morgan fingerprint density at radius 3 is 2.20 bits per heavy atom. The zero-order chi connectivity index (χ0) is 20.7. The zero-order valence-electron chi connectivity index (χ0n) is 16.6. The van der Waals surface area contributed by atoms with Crippen LogP contribution in [0.2, 0.25) is 5.02 Å². The summed E-state index contributed by atoms with van der Waals surface area (Å²) in [5.74, 6) is -0.308. The SMILES string of the molecule is CC(C)Cn1c[n+](CC(=O)c2ccc(Cl)cc2)c2c1C(=O)c1ccccc1C2=O.[Br-]. The number of imidazole rings is 1. The molecule has 5 nitrogen and oxygen atoms in total. The van der Waals surface area contributed by atoms with Crippen LogP contribution in [0.1, 0.15) is 56.3 Å². The van der Waals surface area contributed by atoms with Gasteiger partial charge in [-0.25, -0.2) is 9.13 Å². The Hall–Kier alpha value is -2.57. The lowest BCUT2D eigenvalue weighted by Gasteiger charge is -2.13. The minimum Gasteiger partial charge on any atom is -1.00 e. The zero-order valence-corrected chi connectivity index (χ0v) is 18.9. The molecule has 1 aromatic heterocycles. The molecule has 2 aromatic carbocycles. The molecule has 0 spiro atoms. The third-order valence-corrected chi connectivity index (χ3v) is 5.22. The molecule has 0 amide bonds. The highest BCUT2D eigenvalue weighted by atomic mass is 79.9. The van der Waals surface area contributed by atoms with Crippen molar-refractivity contribution in [2.24, 2.45) is 5.92 Å². The third-order valence-electron chi connectivity index (χ3n) is 4.97. The summed E-state index contributed by atoms with van der Waals surface area (Å²) in [4.78, 5) is 39.2. The van der Waals surface area contributed by atoms with Gasteiger partial charge in [-0.05, 0) is 30.2 Å². The van der Waals surface area contributed by atoms with E-state index in [0.717, 1.165) is 0 Å². The van der Waals surface area contributed by atoms with Gasteiger partial charge >= 0.3 is 0 Å². The van der Waals surface area contributed by atoms with Gasteiger partial charge in [-0.3, -0.25) is 14.4 Å². The lowest BCUT2D eigenvalue weighted by Crippen LogP contribution is -3.00. The van der Waals surface area contributed by atoms with Gasteiger partial charge in [0.25, 0.3) is 0 Å². The Morgan fingerprint density at radius 1 is 1.00 bits per heavy atom. The maximum Gasteiger partial charge on any atom is 0.245 e. The number of hydrogen-bond donors (Lipinski definition) is 0. The van der Waals surface area contributed by atoms with E-state index in [9.17, 15) is 14.4 Å². The number of ketones is 3. The average Bonchev–Trinajstić information content (AvgIpc) is 3.04. The first-order chi connectivity index (χ1) is 13.9. The number of carbonyl (C=O) groups excluding carboxylic acids is 3.